The molecule has 0 bridgehead atoms. The monoisotopic (exact) mass is 275 g/mol. The van der Waals surface area contributed by atoms with Crippen molar-refractivity contribution in [2.45, 2.75) is 33.2 Å². The zero-order valence-electron chi connectivity index (χ0n) is 12.4. The van der Waals surface area contributed by atoms with E-state index in [2.05, 4.69) is 30.0 Å². The van der Waals surface area contributed by atoms with E-state index < -0.39 is 0 Å². The molecule has 0 unspecified atom stereocenters. The summed E-state index contributed by atoms with van der Waals surface area (Å²) in [6.07, 6.45) is 2.58. The van der Waals surface area contributed by atoms with Crippen molar-refractivity contribution in [3.8, 4) is 0 Å². The van der Waals surface area contributed by atoms with Crippen molar-refractivity contribution in [2.75, 3.05) is 13.1 Å². The van der Waals surface area contributed by atoms with Crippen molar-refractivity contribution < 1.29 is 5.21 Å². The van der Waals surface area contributed by atoms with Gasteiger partial charge in [0.2, 0.25) is 0 Å². The van der Waals surface area contributed by atoms with E-state index in [0.29, 0.717) is 0 Å². The van der Waals surface area contributed by atoms with Gasteiger partial charge in [0.1, 0.15) is 0 Å². The lowest BCUT2D eigenvalue weighted by Crippen LogP contribution is -2.34. The molecule has 0 aromatic heterocycles. The third-order valence-electron chi connectivity index (χ3n) is 4.31. The Kier molecular flexibility index (Phi) is 5.01. The van der Waals surface area contributed by atoms with E-state index in [1.54, 1.807) is 0 Å². The van der Waals surface area contributed by atoms with Crippen molar-refractivity contribution in [2.24, 2.45) is 22.7 Å². The van der Waals surface area contributed by atoms with Gasteiger partial charge in [0.15, 0.2) is 5.84 Å². The zero-order valence-corrected chi connectivity index (χ0v) is 12.4. The second kappa shape index (κ2) is 6.75. The summed E-state index contributed by atoms with van der Waals surface area (Å²) in [5.74, 6) is 1.83. The highest BCUT2D eigenvalue weighted by atomic mass is 16.4. The molecule has 1 aliphatic heterocycles. The number of benzene rings is 1. The predicted octanol–water partition coefficient (Wildman–Crippen LogP) is 2.65. The Bertz CT molecular complexity index is 463. The number of hydrogen-bond acceptors (Lipinski definition) is 3. The Balaban J connectivity index is 1.94. The molecule has 2 rings (SSSR count). The fourth-order valence-electron chi connectivity index (χ4n) is 2.92. The largest absolute Gasteiger partial charge is 0.409 e. The minimum Gasteiger partial charge on any atom is -0.409 e. The van der Waals surface area contributed by atoms with Gasteiger partial charge in [-0.1, -0.05) is 37.2 Å². The third kappa shape index (κ3) is 3.73. The highest BCUT2D eigenvalue weighted by Crippen LogP contribution is 2.25. The fraction of sp³-hybridized carbons (Fsp3) is 0.562. The maximum absolute atomic E-state index is 8.73. The van der Waals surface area contributed by atoms with Gasteiger partial charge >= 0.3 is 0 Å². The Morgan fingerprint density at radius 1 is 1.40 bits per heavy atom. The smallest absolute Gasteiger partial charge is 0.170 e. The van der Waals surface area contributed by atoms with E-state index in [1.165, 1.54) is 18.4 Å². The molecule has 1 aromatic carbocycles. The normalized spacial score (nSPS) is 18.6. The lowest BCUT2D eigenvalue weighted by atomic mass is 9.86. The van der Waals surface area contributed by atoms with Crippen LogP contribution in [-0.2, 0) is 6.54 Å². The van der Waals surface area contributed by atoms with Crippen LogP contribution in [0.1, 0.15) is 37.8 Å². The Labute approximate surface area is 121 Å². The third-order valence-corrected chi connectivity index (χ3v) is 4.31. The van der Waals surface area contributed by atoms with Crippen LogP contribution in [-0.4, -0.2) is 29.0 Å². The summed E-state index contributed by atoms with van der Waals surface area (Å²) in [5.41, 5.74) is 7.63. The SMILES string of the molecule is CC(C)C1CCN(Cc2cccc(/C(N)=N/O)c2)CC1. The van der Waals surface area contributed by atoms with Gasteiger partial charge < -0.3 is 10.9 Å². The molecule has 0 spiro atoms. The van der Waals surface area contributed by atoms with E-state index in [1.807, 2.05) is 18.2 Å². The number of nitrogens with zero attached hydrogens (tertiary/aromatic N) is 2. The highest BCUT2D eigenvalue weighted by Gasteiger charge is 2.21. The van der Waals surface area contributed by atoms with Crippen molar-refractivity contribution >= 4 is 5.84 Å². The summed E-state index contributed by atoms with van der Waals surface area (Å²) in [4.78, 5) is 2.49. The van der Waals surface area contributed by atoms with Gasteiger partial charge in [-0.25, -0.2) is 0 Å². The van der Waals surface area contributed by atoms with Gasteiger partial charge in [-0.2, -0.15) is 0 Å². The van der Waals surface area contributed by atoms with Crippen LogP contribution >= 0.6 is 0 Å². The van der Waals surface area contributed by atoms with Crippen LogP contribution in [0.2, 0.25) is 0 Å². The number of amidine groups is 1. The van der Waals surface area contributed by atoms with Gasteiger partial charge in [0, 0.05) is 12.1 Å². The van der Waals surface area contributed by atoms with E-state index in [-0.39, 0.29) is 5.84 Å². The molecule has 4 nitrogen and oxygen atoms in total. The first-order valence-corrected chi connectivity index (χ1v) is 7.39. The summed E-state index contributed by atoms with van der Waals surface area (Å²) in [6, 6.07) is 7.93. The van der Waals surface area contributed by atoms with Crippen LogP contribution in [0.25, 0.3) is 0 Å². The van der Waals surface area contributed by atoms with E-state index in [9.17, 15) is 0 Å². The summed E-state index contributed by atoms with van der Waals surface area (Å²) in [6.45, 7) is 7.91. The molecule has 1 aromatic rings. The van der Waals surface area contributed by atoms with Gasteiger partial charge in [0.05, 0.1) is 0 Å². The lowest BCUT2D eigenvalue weighted by Gasteiger charge is -2.33. The van der Waals surface area contributed by atoms with Gasteiger partial charge in [-0.05, 0) is 49.4 Å². The molecule has 1 saturated heterocycles. The maximum Gasteiger partial charge on any atom is 0.170 e. The second-order valence-electron chi connectivity index (χ2n) is 6.04. The number of likely N-dealkylation sites (tertiary alicyclic amines) is 1. The first-order chi connectivity index (χ1) is 9.60. The highest BCUT2D eigenvalue weighted by molar-refractivity contribution is 5.97. The molecular formula is C16H25N3O. The number of oxime groups is 1. The summed E-state index contributed by atoms with van der Waals surface area (Å²) < 4.78 is 0. The summed E-state index contributed by atoms with van der Waals surface area (Å²) >= 11 is 0. The molecular weight excluding hydrogens is 250 g/mol. The molecule has 0 atom stereocenters. The standard InChI is InChI=1S/C16H25N3O/c1-12(2)14-6-8-19(9-7-14)11-13-4-3-5-15(10-13)16(17)18-20/h3-5,10,12,14,20H,6-9,11H2,1-2H3,(H2,17,18). The van der Waals surface area contributed by atoms with Gasteiger partial charge in [-0.3, -0.25) is 4.90 Å². The molecule has 1 aliphatic rings. The van der Waals surface area contributed by atoms with Crippen LogP contribution in [0.15, 0.2) is 29.4 Å². The molecule has 0 saturated carbocycles. The van der Waals surface area contributed by atoms with Gasteiger partial charge in [0.25, 0.3) is 0 Å². The molecule has 0 amide bonds. The molecule has 3 N–H and O–H groups in total. The summed E-state index contributed by atoms with van der Waals surface area (Å²) in [5, 5.41) is 11.8. The topological polar surface area (TPSA) is 61.8 Å². The molecule has 0 radical (unpaired) electrons. The Morgan fingerprint density at radius 2 is 2.10 bits per heavy atom. The Hall–Kier alpha value is -1.55. The van der Waals surface area contributed by atoms with Crippen LogP contribution in [0.4, 0.5) is 0 Å². The first-order valence-electron chi connectivity index (χ1n) is 7.39. The first kappa shape index (κ1) is 14.9. The average molecular weight is 275 g/mol. The average Bonchev–Trinajstić information content (AvgIpc) is 2.47. The number of rotatable bonds is 4. The van der Waals surface area contributed by atoms with Crippen molar-refractivity contribution in [3.63, 3.8) is 0 Å². The number of piperidine rings is 1. The minimum atomic E-state index is 0.172. The zero-order chi connectivity index (χ0) is 14.5. The summed E-state index contributed by atoms with van der Waals surface area (Å²) in [7, 11) is 0. The van der Waals surface area contributed by atoms with E-state index in [0.717, 1.165) is 37.0 Å². The predicted molar refractivity (Wildman–Crippen MR) is 81.8 cm³/mol. The molecule has 110 valence electrons. The van der Waals surface area contributed by atoms with Crippen LogP contribution in [0.3, 0.4) is 0 Å². The fourth-order valence-corrected chi connectivity index (χ4v) is 2.92. The number of nitrogens with two attached hydrogens (primary N) is 1. The number of hydrogen-bond donors (Lipinski definition) is 2. The van der Waals surface area contributed by atoms with Crippen LogP contribution < -0.4 is 5.73 Å². The molecule has 20 heavy (non-hydrogen) atoms. The van der Waals surface area contributed by atoms with Crippen molar-refractivity contribution in [3.05, 3.63) is 35.4 Å². The maximum atomic E-state index is 8.73. The Morgan fingerprint density at radius 3 is 2.70 bits per heavy atom. The van der Waals surface area contributed by atoms with E-state index in [4.69, 9.17) is 10.9 Å². The molecule has 0 aliphatic carbocycles. The lowest BCUT2D eigenvalue weighted by molar-refractivity contribution is 0.152. The van der Waals surface area contributed by atoms with Crippen molar-refractivity contribution in [1.29, 1.82) is 0 Å². The molecule has 4 heteroatoms. The van der Waals surface area contributed by atoms with Crippen LogP contribution in [0.5, 0.6) is 0 Å². The van der Waals surface area contributed by atoms with Crippen LogP contribution in [0, 0.1) is 11.8 Å². The van der Waals surface area contributed by atoms with Crippen molar-refractivity contribution in [1.82, 2.24) is 4.90 Å². The molecule has 1 heterocycles. The molecule has 1 fully saturated rings. The quantitative estimate of drug-likeness (QED) is 0.384. The van der Waals surface area contributed by atoms with Gasteiger partial charge in [-0.15, -0.1) is 0 Å². The van der Waals surface area contributed by atoms with E-state index >= 15 is 0 Å². The minimum absolute atomic E-state index is 0.172. The second-order valence-corrected chi connectivity index (χ2v) is 6.04.